The zero-order valence-electron chi connectivity index (χ0n) is 74.4. The maximum atomic E-state index is 12.6. The monoisotopic (exact) mass is 1880 g/mol. The third kappa shape index (κ3) is 44.1. The van der Waals surface area contributed by atoms with Crippen LogP contribution in [0.4, 0.5) is 45.5 Å². The fourth-order valence-electron chi connectivity index (χ4n) is 13.6. The van der Waals surface area contributed by atoms with Gasteiger partial charge in [-0.2, -0.15) is 0 Å². The standard InChI is InChI=1S/C26H35Cl2N3O2.C25H33Cl2N3O2.C24H31Cl2N3O2.C23H29Cl2N3O2/c1-3-30(4-2)15-12-25(32)19-22-6-5-7-23(18-22)29-26(33)20-21-8-10-24(11-9-21)31(16-13-27)17-14-28;1-3-29(4-2)19-24(31)17-21-6-5-7-22(16-21)28-25(32)18-20-8-10-23(11-9-20)30(14-12-26)15-13-27;1-28(2)13-10-23(30)17-20-4-3-5-21(16-20)27-24(31)18-19-6-8-22(9-7-19)29(14-11-25)15-12-26;1-27(2)17-22(29)15-19-4-3-5-20(14-19)26-23(30)16-18-6-8-21(9-7-18)28(12-10-24)13-11-25/h5-11,18H,3-4,12-17,19-20H2,1-2H3,(H,29,33);5-11,16H,3-4,12-15,17-19H2,1-2H3,(H,28,32);3-9,16H,10-15,17-18H2,1-2H3,(H,27,31);3-9,14H,10-13,15-17H2,1-2H3,(H,26,30). The van der Waals surface area contributed by atoms with Gasteiger partial charge in [-0.15, -0.1) is 92.8 Å². The largest absolute Gasteiger partial charge is 0.369 e. The highest BCUT2D eigenvalue weighted by Gasteiger charge is 2.18. The topological polar surface area (TPSA) is 211 Å². The van der Waals surface area contributed by atoms with Crippen LogP contribution in [0.15, 0.2) is 194 Å². The summed E-state index contributed by atoms with van der Waals surface area (Å²) in [5, 5.41) is 11.7. The van der Waals surface area contributed by atoms with Gasteiger partial charge in [-0.1, -0.05) is 125 Å². The Balaban J connectivity index is 0.000000298. The number of amides is 4. The van der Waals surface area contributed by atoms with E-state index in [9.17, 15) is 38.4 Å². The van der Waals surface area contributed by atoms with E-state index in [1.807, 2.05) is 232 Å². The van der Waals surface area contributed by atoms with Crippen LogP contribution in [0.1, 0.15) is 85.0 Å². The molecule has 8 aromatic carbocycles. The van der Waals surface area contributed by atoms with Gasteiger partial charge in [0.25, 0.3) is 0 Å². The van der Waals surface area contributed by atoms with Gasteiger partial charge < -0.3 is 55.6 Å². The second kappa shape index (κ2) is 62.8. The molecule has 0 aliphatic carbocycles. The Morgan fingerprint density at radius 1 is 0.246 bits per heavy atom. The Hall–Kier alpha value is -8.32. The molecule has 0 aromatic heterocycles. The van der Waals surface area contributed by atoms with Crippen LogP contribution in [0.5, 0.6) is 0 Å². The van der Waals surface area contributed by atoms with E-state index in [4.69, 9.17) is 92.8 Å². The van der Waals surface area contributed by atoms with Crippen LogP contribution in [-0.4, -0.2) is 246 Å². The zero-order valence-corrected chi connectivity index (χ0v) is 80.4. The Bertz CT molecular complexity index is 4500. The molecule has 0 aliphatic heterocycles. The van der Waals surface area contributed by atoms with E-state index in [1.165, 1.54) is 0 Å². The Labute approximate surface area is 788 Å². The lowest BCUT2D eigenvalue weighted by Gasteiger charge is -2.23. The molecule has 8 aromatic rings. The zero-order chi connectivity index (χ0) is 92.0. The van der Waals surface area contributed by atoms with Crippen LogP contribution in [0.2, 0.25) is 0 Å². The number of halogens is 8. The maximum Gasteiger partial charge on any atom is 0.228 e. The summed E-state index contributed by atoms with van der Waals surface area (Å²) in [6.45, 7) is 20.1. The third-order valence-corrected chi connectivity index (χ3v) is 21.5. The molecule has 684 valence electrons. The van der Waals surface area contributed by atoms with Crippen molar-refractivity contribution in [2.45, 2.75) is 91.9 Å². The number of carbonyl (C=O) groups is 8. The van der Waals surface area contributed by atoms with Crippen LogP contribution in [0.25, 0.3) is 0 Å². The predicted molar refractivity (Wildman–Crippen MR) is 532 cm³/mol. The molecule has 0 atom stereocenters. The number of ketones is 4. The summed E-state index contributed by atoms with van der Waals surface area (Å²) < 4.78 is 0. The summed E-state index contributed by atoms with van der Waals surface area (Å²) in [4.78, 5) is 116. The molecule has 0 fully saturated rings. The molecular formula is C98H128Cl8N12O8. The molecule has 8 rings (SSSR count). The van der Waals surface area contributed by atoms with Gasteiger partial charge in [-0.05, 0) is 196 Å². The summed E-state index contributed by atoms with van der Waals surface area (Å²) in [6.07, 6.45) is 3.64. The summed E-state index contributed by atoms with van der Waals surface area (Å²) in [6, 6.07) is 61.5. The molecule has 0 saturated heterocycles. The predicted octanol–water partition coefficient (Wildman–Crippen LogP) is 17.6. The number of anilines is 8. The average Bonchev–Trinajstić information content (AvgIpc) is 0.874. The van der Waals surface area contributed by atoms with Crippen molar-refractivity contribution >= 4 is 185 Å². The van der Waals surface area contributed by atoms with E-state index in [0.29, 0.717) is 121 Å². The minimum Gasteiger partial charge on any atom is -0.369 e. The van der Waals surface area contributed by atoms with Gasteiger partial charge in [0.15, 0.2) is 11.6 Å². The van der Waals surface area contributed by atoms with Gasteiger partial charge in [0.1, 0.15) is 11.6 Å². The van der Waals surface area contributed by atoms with E-state index >= 15 is 0 Å². The molecule has 0 heterocycles. The summed E-state index contributed by atoms with van der Waals surface area (Å²) in [5.41, 5.74) is 14.3. The Morgan fingerprint density at radius 3 is 0.698 bits per heavy atom. The SMILES string of the molecule is CCN(CC)CC(=O)Cc1cccc(NC(=O)Cc2ccc(N(CCCl)CCCl)cc2)c1.CCN(CC)CCC(=O)Cc1cccc(NC(=O)Cc2ccc(N(CCCl)CCCl)cc2)c1.CN(C)CC(=O)Cc1cccc(NC(=O)Cc2ccc(N(CCCl)CCCl)cc2)c1.CN(C)CCC(=O)Cc1cccc(NC(=O)Cc2ccc(N(CCCl)CCCl)cc2)c1. The van der Waals surface area contributed by atoms with Crippen LogP contribution in [0.3, 0.4) is 0 Å². The van der Waals surface area contributed by atoms with Gasteiger partial charge in [-0.3, -0.25) is 43.3 Å². The lowest BCUT2D eigenvalue weighted by Crippen LogP contribution is -2.30. The minimum absolute atomic E-state index is 0.0915. The van der Waals surface area contributed by atoms with Crippen LogP contribution in [-0.2, 0) is 89.7 Å². The van der Waals surface area contributed by atoms with Crippen molar-refractivity contribution in [2.24, 2.45) is 0 Å². The first-order valence-electron chi connectivity index (χ1n) is 43.0. The average molecular weight is 1890 g/mol. The third-order valence-electron chi connectivity index (χ3n) is 20.2. The first-order chi connectivity index (χ1) is 60.8. The summed E-state index contributed by atoms with van der Waals surface area (Å²) in [5.74, 6) is 4.57. The van der Waals surface area contributed by atoms with Gasteiger partial charge in [0, 0.05) is 197 Å². The molecule has 0 unspecified atom stereocenters. The number of hydrogen-bond acceptors (Lipinski definition) is 16. The number of Topliss-reactive ketones (excluding diaryl/α,β-unsaturated/α-hetero) is 4. The molecule has 28 heteroatoms. The number of benzene rings is 8. The number of carbonyl (C=O) groups excluding carboxylic acids is 8. The van der Waals surface area contributed by atoms with E-state index in [-0.39, 0.29) is 72.4 Å². The van der Waals surface area contributed by atoms with Crippen molar-refractivity contribution in [1.82, 2.24) is 19.6 Å². The van der Waals surface area contributed by atoms with Gasteiger partial charge in [0.2, 0.25) is 23.6 Å². The van der Waals surface area contributed by atoms with E-state index in [0.717, 1.165) is 159 Å². The molecule has 0 saturated carbocycles. The highest BCUT2D eigenvalue weighted by Crippen LogP contribution is 2.24. The molecule has 4 amide bonds. The lowest BCUT2D eigenvalue weighted by molar-refractivity contribution is -0.120. The van der Waals surface area contributed by atoms with E-state index in [1.54, 1.807) is 0 Å². The molecule has 0 radical (unpaired) electrons. The molecule has 126 heavy (non-hydrogen) atoms. The van der Waals surface area contributed by atoms with Crippen molar-refractivity contribution in [3.8, 4) is 0 Å². The van der Waals surface area contributed by atoms with Crippen molar-refractivity contribution in [1.29, 1.82) is 0 Å². The van der Waals surface area contributed by atoms with Crippen LogP contribution < -0.4 is 40.9 Å². The minimum atomic E-state index is -0.0992. The number of hydrogen-bond donors (Lipinski definition) is 4. The number of nitrogens with zero attached hydrogens (tertiary/aromatic N) is 8. The smallest absolute Gasteiger partial charge is 0.228 e. The van der Waals surface area contributed by atoms with Crippen molar-refractivity contribution < 1.29 is 38.4 Å². The Kier molecular flexibility index (Phi) is 53.9. The molecule has 0 bridgehead atoms. The number of nitrogens with one attached hydrogen (secondary N) is 4. The number of rotatable bonds is 54. The number of alkyl halides is 8. The highest BCUT2D eigenvalue weighted by atomic mass is 35.5. The van der Waals surface area contributed by atoms with Gasteiger partial charge >= 0.3 is 0 Å². The fourth-order valence-corrected chi connectivity index (χ4v) is 15.2. The molecule has 4 N–H and O–H groups in total. The van der Waals surface area contributed by atoms with Crippen LogP contribution >= 0.6 is 92.8 Å². The Morgan fingerprint density at radius 2 is 0.476 bits per heavy atom. The van der Waals surface area contributed by atoms with E-state index in [2.05, 4.69) is 78.4 Å². The second-order valence-electron chi connectivity index (χ2n) is 30.7. The van der Waals surface area contributed by atoms with Gasteiger partial charge in [-0.25, -0.2) is 0 Å². The molecule has 0 spiro atoms. The lowest BCUT2D eigenvalue weighted by atomic mass is 10.1. The molecule has 0 aliphatic rings. The highest BCUT2D eigenvalue weighted by molar-refractivity contribution is 6.20. The summed E-state index contributed by atoms with van der Waals surface area (Å²) in [7, 11) is 7.64. The van der Waals surface area contributed by atoms with Crippen molar-refractivity contribution in [2.75, 3.05) is 221 Å². The van der Waals surface area contributed by atoms with Gasteiger partial charge in [0.05, 0.1) is 38.8 Å². The first kappa shape index (κ1) is 108. The van der Waals surface area contributed by atoms with Crippen molar-refractivity contribution in [3.05, 3.63) is 239 Å². The quantitative estimate of drug-likeness (QED) is 0.0261. The molecule has 20 nitrogen and oxygen atoms in total. The molecular weight excluding hydrogens is 1760 g/mol. The normalized spacial score (nSPS) is 10.9. The summed E-state index contributed by atoms with van der Waals surface area (Å²) >= 11 is 47.0. The fraction of sp³-hybridized carbons (Fsp3) is 0.429. The number of likely N-dealkylation sites (N-methyl/N-ethyl adjacent to an activating group) is 2. The van der Waals surface area contributed by atoms with Crippen LogP contribution in [0, 0.1) is 0 Å². The first-order valence-corrected chi connectivity index (χ1v) is 47.3. The van der Waals surface area contributed by atoms with Crippen molar-refractivity contribution in [3.63, 3.8) is 0 Å². The second-order valence-corrected chi connectivity index (χ2v) is 33.7. The van der Waals surface area contributed by atoms with E-state index < -0.39 is 0 Å². The maximum absolute atomic E-state index is 12.6.